The van der Waals surface area contributed by atoms with Crippen LogP contribution in [0.3, 0.4) is 0 Å². The van der Waals surface area contributed by atoms with Crippen molar-refractivity contribution < 1.29 is 14.3 Å². The van der Waals surface area contributed by atoms with E-state index in [0.29, 0.717) is 39.3 Å². The molecule has 212 valence electrons. The van der Waals surface area contributed by atoms with Gasteiger partial charge in [-0.3, -0.25) is 10.00 Å². The molecule has 2 fully saturated rings. The SMILES string of the molecule is O=C(O[C@H]1CN[C@@H](C#Cc2cc3c(Nc4ccc5c(cnn5Cc5ccccc5)c4)ncnc3s2)C1)N1CCOCC1. The lowest BCUT2D eigenvalue weighted by Crippen LogP contribution is -2.42. The standard InChI is InChI=1S/C31H29N7O3S/c39-31(37-10-12-40-13-11-37)41-25-15-23(32-18-25)6-8-26-16-27-29(33-20-34-30(27)42-26)36-24-7-9-28-22(14-24)17-35-38(28)19-21-4-2-1-3-5-21/h1-5,7,9,14,16-17,20,23,25,32H,10-13,15,18-19H2,(H,33,34,36)/t23-,25+/m0/s1. The van der Waals surface area contributed by atoms with E-state index in [4.69, 9.17) is 9.47 Å². The number of morpholine rings is 1. The third-order valence-electron chi connectivity index (χ3n) is 7.41. The third-order valence-corrected chi connectivity index (χ3v) is 8.36. The highest BCUT2D eigenvalue weighted by Crippen LogP contribution is 2.30. The molecule has 0 unspecified atom stereocenters. The van der Waals surface area contributed by atoms with Gasteiger partial charge in [0.1, 0.15) is 23.1 Å². The molecule has 0 radical (unpaired) electrons. The summed E-state index contributed by atoms with van der Waals surface area (Å²) in [6.45, 7) is 3.57. The van der Waals surface area contributed by atoms with Crippen molar-refractivity contribution in [2.24, 2.45) is 0 Å². The van der Waals surface area contributed by atoms with Crippen molar-refractivity contribution in [3.8, 4) is 11.8 Å². The van der Waals surface area contributed by atoms with E-state index in [2.05, 4.69) is 61.8 Å². The summed E-state index contributed by atoms with van der Waals surface area (Å²) in [4.78, 5) is 24.8. The van der Waals surface area contributed by atoms with Crippen molar-refractivity contribution >= 4 is 50.1 Å². The van der Waals surface area contributed by atoms with Crippen molar-refractivity contribution in [1.29, 1.82) is 0 Å². The van der Waals surface area contributed by atoms with Crippen molar-refractivity contribution in [3.63, 3.8) is 0 Å². The molecule has 2 atom stereocenters. The number of fused-ring (bicyclic) bond motifs is 2. The molecular formula is C31H29N7O3S. The van der Waals surface area contributed by atoms with Crippen LogP contribution in [0.5, 0.6) is 0 Å². The normalized spacial score (nSPS) is 18.6. The van der Waals surface area contributed by atoms with Crippen LogP contribution in [0.4, 0.5) is 16.3 Å². The fourth-order valence-corrected chi connectivity index (χ4v) is 6.09. The van der Waals surface area contributed by atoms with Crippen LogP contribution in [0, 0.1) is 11.8 Å². The largest absolute Gasteiger partial charge is 0.445 e. The fourth-order valence-electron chi connectivity index (χ4n) is 5.22. The second kappa shape index (κ2) is 11.8. The minimum Gasteiger partial charge on any atom is -0.445 e. The van der Waals surface area contributed by atoms with Crippen molar-refractivity contribution in [2.75, 3.05) is 38.2 Å². The summed E-state index contributed by atoms with van der Waals surface area (Å²) in [6.07, 6.45) is 3.65. The zero-order valence-corrected chi connectivity index (χ0v) is 23.6. The van der Waals surface area contributed by atoms with Gasteiger partial charge in [-0.05, 0) is 29.8 Å². The number of carbonyl (C=O) groups excluding carboxylic acids is 1. The fraction of sp³-hybridized carbons (Fsp3) is 0.290. The average molecular weight is 580 g/mol. The molecule has 0 spiro atoms. The van der Waals surface area contributed by atoms with Crippen LogP contribution in [-0.4, -0.2) is 75.7 Å². The van der Waals surface area contributed by atoms with Crippen LogP contribution in [0.25, 0.3) is 21.1 Å². The van der Waals surface area contributed by atoms with E-state index < -0.39 is 0 Å². The molecule has 5 heterocycles. The Bertz CT molecular complexity index is 1790. The lowest BCUT2D eigenvalue weighted by atomic mass is 10.2. The number of hydrogen-bond donors (Lipinski definition) is 2. The number of anilines is 2. The van der Waals surface area contributed by atoms with Crippen molar-refractivity contribution in [1.82, 2.24) is 30.0 Å². The summed E-state index contributed by atoms with van der Waals surface area (Å²) in [7, 11) is 0. The van der Waals surface area contributed by atoms with Crippen molar-refractivity contribution in [2.45, 2.75) is 25.1 Å². The number of ether oxygens (including phenoxy) is 2. The lowest BCUT2D eigenvalue weighted by molar-refractivity contribution is 0.0156. The average Bonchev–Trinajstić information content (AvgIpc) is 3.76. The molecule has 0 bridgehead atoms. The van der Waals surface area contributed by atoms with Crippen LogP contribution in [0.2, 0.25) is 0 Å². The first-order valence-electron chi connectivity index (χ1n) is 14.0. The first kappa shape index (κ1) is 26.4. The maximum Gasteiger partial charge on any atom is 0.410 e. The molecule has 0 saturated carbocycles. The Morgan fingerprint density at radius 3 is 2.90 bits per heavy atom. The van der Waals surface area contributed by atoms with Gasteiger partial charge in [-0.1, -0.05) is 42.2 Å². The van der Waals surface area contributed by atoms with Crippen LogP contribution in [-0.2, 0) is 16.0 Å². The minimum atomic E-state index is -0.276. The van der Waals surface area contributed by atoms with Gasteiger partial charge in [0.2, 0.25) is 0 Å². The smallest absolute Gasteiger partial charge is 0.410 e. The van der Waals surface area contributed by atoms with Crippen LogP contribution >= 0.6 is 11.3 Å². The van der Waals surface area contributed by atoms with Gasteiger partial charge in [0.05, 0.1) is 47.8 Å². The molecule has 3 aromatic heterocycles. The maximum atomic E-state index is 12.4. The predicted octanol–water partition coefficient (Wildman–Crippen LogP) is 4.38. The molecule has 42 heavy (non-hydrogen) atoms. The molecule has 2 aliphatic heterocycles. The van der Waals surface area contributed by atoms with Crippen LogP contribution < -0.4 is 10.6 Å². The Hall–Kier alpha value is -4.50. The molecule has 2 aliphatic rings. The Balaban J connectivity index is 1.02. The van der Waals surface area contributed by atoms with E-state index in [0.717, 1.165) is 44.0 Å². The minimum absolute atomic E-state index is 0.0454. The molecule has 7 rings (SSSR count). The molecule has 11 heteroatoms. The van der Waals surface area contributed by atoms with Gasteiger partial charge < -0.3 is 19.7 Å². The first-order chi connectivity index (χ1) is 20.7. The van der Waals surface area contributed by atoms with E-state index in [9.17, 15) is 4.79 Å². The molecule has 2 N–H and O–H groups in total. The molecule has 1 amide bonds. The molecule has 2 saturated heterocycles. The number of carbonyl (C=O) groups is 1. The number of rotatable bonds is 5. The van der Waals surface area contributed by atoms with Crippen LogP contribution in [0.15, 0.2) is 67.1 Å². The molecule has 5 aromatic rings. The van der Waals surface area contributed by atoms with E-state index in [1.165, 1.54) is 16.9 Å². The van der Waals surface area contributed by atoms with E-state index in [1.54, 1.807) is 11.2 Å². The number of thiophene rings is 1. The quantitative estimate of drug-likeness (QED) is 0.296. The predicted molar refractivity (Wildman–Crippen MR) is 162 cm³/mol. The van der Waals surface area contributed by atoms with E-state index >= 15 is 0 Å². The maximum absolute atomic E-state index is 12.4. The molecule has 2 aromatic carbocycles. The molecular weight excluding hydrogens is 550 g/mol. The highest BCUT2D eigenvalue weighted by Gasteiger charge is 2.28. The molecule has 0 aliphatic carbocycles. The lowest BCUT2D eigenvalue weighted by Gasteiger charge is -2.27. The summed E-state index contributed by atoms with van der Waals surface area (Å²) in [5, 5.41) is 13.4. The Morgan fingerprint density at radius 2 is 2.02 bits per heavy atom. The Kier molecular flexibility index (Phi) is 7.40. The zero-order chi connectivity index (χ0) is 28.3. The van der Waals surface area contributed by atoms with E-state index in [-0.39, 0.29) is 18.2 Å². The van der Waals surface area contributed by atoms with Gasteiger partial charge in [-0.2, -0.15) is 5.10 Å². The second-order valence-electron chi connectivity index (χ2n) is 10.3. The second-order valence-corrected chi connectivity index (χ2v) is 11.3. The van der Waals surface area contributed by atoms with Gasteiger partial charge in [0, 0.05) is 37.1 Å². The number of hydrogen-bond acceptors (Lipinski definition) is 9. The van der Waals surface area contributed by atoms with Gasteiger partial charge in [0.15, 0.2) is 0 Å². The topological polar surface area (TPSA) is 106 Å². The Morgan fingerprint density at radius 1 is 1.14 bits per heavy atom. The highest BCUT2D eigenvalue weighted by molar-refractivity contribution is 7.19. The summed E-state index contributed by atoms with van der Waals surface area (Å²) >= 11 is 1.53. The summed E-state index contributed by atoms with van der Waals surface area (Å²) < 4.78 is 13.0. The number of nitrogens with zero attached hydrogens (tertiary/aromatic N) is 5. The number of amides is 1. The summed E-state index contributed by atoms with van der Waals surface area (Å²) in [5.74, 6) is 7.31. The first-order valence-corrected chi connectivity index (χ1v) is 14.8. The molecule has 10 nitrogen and oxygen atoms in total. The number of aromatic nitrogens is 4. The summed E-state index contributed by atoms with van der Waals surface area (Å²) in [5.41, 5.74) is 3.21. The van der Waals surface area contributed by atoms with E-state index in [1.807, 2.05) is 41.2 Å². The zero-order valence-electron chi connectivity index (χ0n) is 22.8. The highest BCUT2D eigenvalue weighted by atomic mass is 32.1. The van der Waals surface area contributed by atoms with Crippen LogP contribution in [0.1, 0.15) is 16.9 Å². The van der Waals surface area contributed by atoms with Gasteiger partial charge in [-0.15, -0.1) is 11.3 Å². The van der Waals surface area contributed by atoms with Gasteiger partial charge >= 0.3 is 6.09 Å². The monoisotopic (exact) mass is 579 g/mol. The number of nitrogens with one attached hydrogen (secondary N) is 2. The summed E-state index contributed by atoms with van der Waals surface area (Å²) in [6, 6.07) is 18.5. The van der Waals surface area contributed by atoms with Gasteiger partial charge in [-0.25, -0.2) is 14.8 Å². The van der Waals surface area contributed by atoms with Gasteiger partial charge in [0.25, 0.3) is 0 Å². The third kappa shape index (κ3) is 5.78. The number of benzene rings is 2. The Labute approximate surface area is 246 Å². The van der Waals surface area contributed by atoms with Crippen molar-refractivity contribution in [3.05, 3.63) is 77.6 Å².